The normalized spacial score (nSPS) is 17.3. The molecule has 0 fully saturated rings. The van der Waals surface area contributed by atoms with Crippen LogP contribution >= 0.6 is 0 Å². The highest BCUT2D eigenvalue weighted by Crippen LogP contribution is 2.47. The molecular weight excluding hydrogens is 542 g/mol. The van der Waals surface area contributed by atoms with Gasteiger partial charge in [-0.1, -0.05) is 20.3 Å². The molecule has 12 heteroatoms. The Labute approximate surface area is 229 Å². The van der Waals surface area contributed by atoms with E-state index in [0.29, 0.717) is 48.6 Å². The summed E-state index contributed by atoms with van der Waals surface area (Å²) in [5.41, 5.74) is -1.84. The number of alkyl halides is 6. The molecule has 2 aromatic carbocycles. The zero-order valence-corrected chi connectivity index (χ0v) is 23.1. The maximum atomic E-state index is 13.5. The van der Waals surface area contributed by atoms with Gasteiger partial charge >= 0.3 is 18.4 Å². The summed E-state index contributed by atoms with van der Waals surface area (Å²) in [7, 11) is 4.06. The second-order valence-corrected chi connectivity index (χ2v) is 9.64. The number of benzene rings is 2. The second kappa shape index (κ2) is 12.5. The standard InChI is InChI=1S/C28H34F6N2O4/c1-6-8-9-35-20(7-2)13-22(21-14-24(38-3)25(39-4)15-23(21)35)36(26(37)40-5)16-17-10-18(27(29,30)31)12-19(11-17)28(32,33)34/h10-12,14-15,20,22H,6-9,13,16H2,1-5H3. The van der Waals surface area contributed by atoms with Gasteiger partial charge in [-0.3, -0.25) is 4.90 Å². The highest BCUT2D eigenvalue weighted by atomic mass is 19.4. The molecule has 0 spiro atoms. The lowest BCUT2D eigenvalue weighted by molar-refractivity contribution is -0.143. The summed E-state index contributed by atoms with van der Waals surface area (Å²) in [6.07, 6.45) is -8.02. The lowest BCUT2D eigenvalue weighted by Gasteiger charge is -2.45. The van der Waals surface area contributed by atoms with Crippen molar-refractivity contribution >= 4 is 11.8 Å². The predicted molar refractivity (Wildman–Crippen MR) is 138 cm³/mol. The van der Waals surface area contributed by atoms with E-state index in [1.807, 2.05) is 6.92 Å². The number of rotatable bonds is 9. The molecule has 0 saturated carbocycles. The molecule has 1 aliphatic rings. The molecule has 2 aromatic rings. The van der Waals surface area contributed by atoms with Gasteiger partial charge in [-0.15, -0.1) is 0 Å². The number of halogens is 6. The van der Waals surface area contributed by atoms with Crippen LogP contribution in [0.15, 0.2) is 30.3 Å². The third-order valence-corrected chi connectivity index (χ3v) is 7.15. The number of ether oxygens (including phenoxy) is 3. The first-order chi connectivity index (χ1) is 18.8. The van der Waals surface area contributed by atoms with Gasteiger partial charge in [0, 0.05) is 36.4 Å². The fourth-order valence-corrected chi connectivity index (χ4v) is 5.15. The van der Waals surface area contributed by atoms with Gasteiger partial charge in [0.2, 0.25) is 0 Å². The van der Waals surface area contributed by atoms with Crippen LogP contribution in [0.4, 0.5) is 36.8 Å². The maximum Gasteiger partial charge on any atom is 0.416 e. The second-order valence-electron chi connectivity index (χ2n) is 9.64. The van der Waals surface area contributed by atoms with Crippen molar-refractivity contribution < 1.29 is 45.3 Å². The van der Waals surface area contributed by atoms with Crippen molar-refractivity contribution in [3.05, 3.63) is 52.6 Å². The number of carbonyl (C=O) groups is 1. The first-order valence-corrected chi connectivity index (χ1v) is 12.9. The van der Waals surface area contributed by atoms with Gasteiger partial charge in [-0.25, -0.2) is 4.79 Å². The Kier molecular flexibility index (Phi) is 9.73. The van der Waals surface area contributed by atoms with E-state index in [9.17, 15) is 31.1 Å². The Morgan fingerprint density at radius 3 is 1.98 bits per heavy atom. The molecule has 222 valence electrons. The highest BCUT2D eigenvalue weighted by Gasteiger charge is 2.40. The van der Waals surface area contributed by atoms with Gasteiger partial charge in [-0.05, 0) is 49.1 Å². The molecular formula is C28H34F6N2O4. The molecule has 1 aliphatic heterocycles. The quantitative estimate of drug-likeness (QED) is 0.285. The van der Waals surface area contributed by atoms with Gasteiger partial charge in [-0.2, -0.15) is 26.3 Å². The predicted octanol–water partition coefficient (Wildman–Crippen LogP) is 7.84. The number of amides is 1. The molecule has 3 rings (SSSR count). The van der Waals surface area contributed by atoms with E-state index >= 15 is 0 Å². The van der Waals surface area contributed by atoms with Crippen molar-refractivity contribution in [3.8, 4) is 11.5 Å². The van der Waals surface area contributed by atoms with Crippen LogP contribution in [0.3, 0.4) is 0 Å². The van der Waals surface area contributed by atoms with Crippen LogP contribution in [-0.4, -0.2) is 44.9 Å². The molecule has 0 saturated heterocycles. The summed E-state index contributed by atoms with van der Waals surface area (Å²) in [5, 5.41) is 0. The van der Waals surface area contributed by atoms with Crippen LogP contribution in [0.5, 0.6) is 11.5 Å². The SMILES string of the molecule is CCCCN1c2cc(OC)c(OC)cc2C(N(Cc2cc(C(F)(F)F)cc(C(F)(F)F)c2)C(=O)OC)CC1CC. The summed E-state index contributed by atoms with van der Waals surface area (Å²) < 4.78 is 97.2. The smallest absolute Gasteiger partial charge is 0.416 e. The van der Waals surface area contributed by atoms with E-state index in [2.05, 4.69) is 11.8 Å². The molecule has 40 heavy (non-hydrogen) atoms. The number of anilines is 1. The summed E-state index contributed by atoms with van der Waals surface area (Å²) in [6.45, 7) is 4.22. The Bertz CT molecular complexity index is 1150. The van der Waals surface area contributed by atoms with Crippen LogP contribution < -0.4 is 14.4 Å². The zero-order chi connectivity index (χ0) is 29.8. The monoisotopic (exact) mass is 576 g/mol. The number of hydrogen-bond acceptors (Lipinski definition) is 5. The van der Waals surface area contributed by atoms with Gasteiger partial charge in [0.05, 0.1) is 38.5 Å². The lowest BCUT2D eigenvalue weighted by Crippen LogP contribution is -2.46. The van der Waals surface area contributed by atoms with Crippen molar-refractivity contribution in [2.75, 3.05) is 32.8 Å². The molecule has 1 heterocycles. The Balaban J connectivity index is 2.19. The summed E-state index contributed by atoms with van der Waals surface area (Å²) in [6, 6.07) is 4.03. The molecule has 2 atom stereocenters. The molecule has 6 nitrogen and oxygen atoms in total. The Morgan fingerprint density at radius 1 is 0.925 bits per heavy atom. The van der Waals surface area contributed by atoms with Crippen LogP contribution in [0.2, 0.25) is 0 Å². The van der Waals surface area contributed by atoms with Gasteiger partial charge in [0.1, 0.15) is 0 Å². The summed E-state index contributed by atoms with van der Waals surface area (Å²) in [5.74, 6) is 0.829. The van der Waals surface area contributed by atoms with E-state index in [4.69, 9.17) is 14.2 Å². The average molecular weight is 577 g/mol. The zero-order valence-electron chi connectivity index (χ0n) is 23.1. The van der Waals surface area contributed by atoms with Gasteiger partial charge in [0.15, 0.2) is 11.5 Å². The minimum Gasteiger partial charge on any atom is -0.493 e. The van der Waals surface area contributed by atoms with Gasteiger partial charge < -0.3 is 19.1 Å². The first kappa shape index (κ1) is 31.2. The first-order valence-electron chi connectivity index (χ1n) is 12.9. The number of methoxy groups -OCH3 is 3. The van der Waals surface area contributed by atoms with E-state index in [-0.39, 0.29) is 17.7 Å². The molecule has 0 aliphatic carbocycles. The largest absolute Gasteiger partial charge is 0.493 e. The number of unbranched alkanes of at least 4 members (excludes halogenated alkanes) is 1. The topological polar surface area (TPSA) is 51.2 Å². The number of nitrogens with zero attached hydrogens (tertiary/aromatic N) is 2. The van der Waals surface area contributed by atoms with Gasteiger partial charge in [0.25, 0.3) is 0 Å². The molecule has 0 radical (unpaired) electrons. The number of hydrogen-bond donors (Lipinski definition) is 0. The Morgan fingerprint density at radius 2 is 1.50 bits per heavy atom. The van der Waals surface area contributed by atoms with Crippen LogP contribution in [0, 0.1) is 0 Å². The fraction of sp³-hybridized carbons (Fsp3) is 0.536. The molecule has 0 N–H and O–H groups in total. The van der Waals surface area contributed by atoms with E-state index in [1.165, 1.54) is 19.1 Å². The minimum absolute atomic E-state index is 0.0672. The molecule has 2 unspecified atom stereocenters. The van der Waals surface area contributed by atoms with Crippen molar-refractivity contribution in [1.82, 2.24) is 4.90 Å². The highest BCUT2D eigenvalue weighted by molar-refractivity contribution is 5.71. The van der Waals surface area contributed by atoms with Crippen LogP contribution in [0.25, 0.3) is 0 Å². The van der Waals surface area contributed by atoms with Crippen LogP contribution in [-0.2, 0) is 23.6 Å². The lowest BCUT2D eigenvalue weighted by atomic mass is 9.87. The average Bonchev–Trinajstić information content (AvgIpc) is 2.92. The summed E-state index contributed by atoms with van der Waals surface area (Å²) in [4.78, 5) is 16.5. The van der Waals surface area contributed by atoms with E-state index in [0.717, 1.165) is 25.6 Å². The van der Waals surface area contributed by atoms with Crippen molar-refractivity contribution in [3.63, 3.8) is 0 Å². The maximum absolute atomic E-state index is 13.5. The molecule has 0 aromatic heterocycles. The third-order valence-electron chi connectivity index (χ3n) is 7.15. The molecule has 1 amide bonds. The minimum atomic E-state index is -5.01. The Hall–Kier alpha value is -3.31. The fourth-order valence-electron chi connectivity index (χ4n) is 5.15. The van der Waals surface area contributed by atoms with E-state index < -0.39 is 42.2 Å². The van der Waals surface area contributed by atoms with E-state index in [1.54, 1.807) is 12.1 Å². The third kappa shape index (κ3) is 6.69. The summed E-state index contributed by atoms with van der Waals surface area (Å²) >= 11 is 0. The number of carbonyl (C=O) groups excluding carboxylic acids is 1. The van der Waals surface area contributed by atoms with Crippen molar-refractivity contribution in [1.29, 1.82) is 0 Å². The van der Waals surface area contributed by atoms with Crippen molar-refractivity contribution in [2.24, 2.45) is 0 Å². The van der Waals surface area contributed by atoms with Crippen LogP contribution in [0.1, 0.15) is 67.8 Å². The number of fused-ring (bicyclic) bond motifs is 1. The molecule has 0 bridgehead atoms. The van der Waals surface area contributed by atoms with Crippen molar-refractivity contribution in [2.45, 2.75) is 70.5 Å².